The number of aromatic amines is 1. The van der Waals surface area contributed by atoms with E-state index in [4.69, 9.17) is 0 Å². The first-order valence-corrected chi connectivity index (χ1v) is 6.00. The predicted octanol–water partition coefficient (Wildman–Crippen LogP) is 2.00. The van der Waals surface area contributed by atoms with Crippen molar-refractivity contribution in [1.82, 2.24) is 15.3 Å². The fourth-order valence-electron chi connectivity index (χ4n) is 2.18. The van der Waals surface area contributed by atoms with Crippen molar-refractivity contribution in [2.45, 2.75) is 6.42 Å². The maximum atomic E-state index is 11.9. The summed E-state index contributed by atoms with van der Waals surface area (Å²) in [4.78, 5) is 21.0. The largest absolute Gasteiger partial charge is 0.345 e. The number of imidazole rings is 1. The number of nitrogens with zero attached hydrogens (tertiary/aromatic N) is 2. The summed E-state index contributed by atoms with van der Waals surface area (Å²) in [7, 11) is 0. The van der Waals surface area contributed by atoms with Crippen LogP contribution in [-0.4, -0.2) is 29.1 Å². The maximum absolute atomic E-state index is 11.9. The van der Waals surface area contributed by atoms with Crippen molar-refractivity contribution < 1.29 is 4.79 Å². The van der Waals surface area contributed by atoms with Gasteiger partial charge in [0.1, 0.15) is 5.82 Å². The van der Waals surface area contributed by atoms with Gasteiger partial charge in [0.2, 0.25) is 0 Å². The molecule has 1 aliphatic rings. The number of urea groups is 1. The van der Waals surface area contributed by atoms with Gasteiger partial charge in [-0.1, -0.05) is 12.1 Å². The lowest BCUT2D eigenvalue weighted by Gasteiger charge is -2.28. The second-order valence-electron chi connectivity index (χ2n) is 4.19. The van der Waals surface area contributed by atoms with Crippen LogP contribution < -0.4 is 10.2 Å². The molecule has 5 nitrogen and oxygen atoms in total. The molecule has 0 saturated carbocycles. The van der Waals surface area contributed by atoms with Gasteiger partial charge >= 0.3 is 6.03 Å². The van der Waals surface area contributed by atoms with Crippen LogP contribution in [-0.2, 0) is 0 Å². The molecule has 18 heavy (non-hydrogen) atoms. The van der Waals surface area contributed by atoms with Gasteiger partial charge in [0.25, 0.3) is 0 Å². The molecule has 0 bridgehead atoms. The third kappa shape index (κ3) is 1.84. The summed E-state index contributed by atoms with van der Waals surface area (Å²) >= 11 is 0. The number of nitrogens with one attached hydrogen (secondary N) is 2. The normalized spacial score (nSPS) is 15.6. The zero-order chi connectivity index (χ0) is 12.4. The Hall–Kier alpha value is -2.30. The number of H-pyrrole nitrogens is 1. The van der Waals surface area contributed by atoms with Crippen LogP contribution in [0.1, 0.15) is 6.42 Å². The van der Waals surface area contributed by atoms with E-state index in [9.17, 15) is 4.79 Å². The van der Waals surface area contributed by atoms with Gasteiger partial charge < -0.3 is 10.3 Å². The Morgan fingerprint density at radius 3 is 2.94 bits per heavy atom. The van der Waals surface area contributed by atoms with E-state index >= 15 is 0 Å². The molecule has 2 aromatic rings. The summed E-state index contributed by atoms with van der Waals surface area (Å²) in [6.45, 7) is 1.49. The van der Waals surface area contributed by atoms with Crippen LogP contribution >= 0.6 is 0 Å². The number of benzene rings is 1. The number of aromatic nitrogens is 2. The summed E-state index contributed by atoms with van der Waals surface area (Å²) in [5.41, 5.74) is 1.84. The van der Waals surface area contributed by atoms with E-state index in [0.29, 0.717) is 0 Å². The molecule has 2 heterocycles. The third-order valence-corrected chi connectivity index (χ3v) is 3.03. The van der Waals surface area contributed by atoms with Gasteiger partial charge in [-0.3, -0.25) is 4.90 Å². The number of rotatable bonds is 2. The van der Waals surface area contributed by atoms with Crippen molar-refractivity contribution >= 4 is 11.7 Å². The van der Waals surface area contributed by atoms with Gasteiger partial charge in [-0.2, -0.15) is 0 Å². The van der Waals surface area contributed by atoms with Gasteiger partial charge in [-0.15, -0.1) is 0 Å². The van der Waals surface area contributed by atoms with E-state index in [0.717, 1.165) is 36.6 Å². The Bertz CT molecular complexity index is 550. The first kappa shape index (κ1) is 10.8. The molecule has 1 aliphatic heterocycles. The quantitative estimate of drug-likeness (QED) is 0.846. The van der Waals surface area contributed by atoms with Crippen LogP contribution in [0.25, 0.3) is 11.4 Å². The molecule has 1 saturated heterocycles. The molecule has 92 valence electrons. The topological polar surface area (TPSA) is 61.0 Å². The number of carbonyl (C=O) groups excluding carboxylic acids is 1. The van der Waals surface area contributed by atoms with Gasteiger partial charge in [0.15, 0.2) is 0 Å². The minimum atomic E-state index is -0.0414. The molecule has 1 aromatic heterocycles. The Labute approximate surface area is 105 Å². The Morgan fingerprint density at radius 1 is 1.28 bits per heavy atom. The molecule has 3 rings (SSSR count). The molecular formula is C13H14N4O. The lowest BCUT2D eigenvalue weighted by Crippen LogP contribution is -2.46. The zero-order valence-corrected chi connectivity index (χ0v) is 9.89. The van der Waals surface area contributed by atoms with Crippen LogP contribution in [0.5, 0.6) is 0 Å². The van der Waals surface area contributed by atoms with Crippen molar-refractivity contribution in [1.29, 1.82) is 0 Å². The van der Waals surface area contributed by atoms with Crippen molar-refractivity contribution in [3.05, 3.63) is 36.7 Å². The molecule has 0 atom stereocenters. The monoisotopic (exact) mass is 242 g/mol. The molecule has 5 heteroatoms. The second-order valence-corrected chi connectivity index (χ2v) is 4.19. The number of amides is 2. The van der Waals surface area contributed by atoms with Gasteiger partial charge in [-0.05, 0) is 18.6 Å². The highest BCUT2D eigenvalue weighted by Crippen LogP contribution is 2.29. The minimum Gasteiger partial charge on any atom is -0.345 e. The van der Waals surface area contributed by atoms with Crippen molar-refractivity contribution in [3.63, 3.8) is 0 Å². The number of anilines is 1. The fraction of sp³-hybridized carbons (Fsp3) is 0.231. The first-order chi connectivity index (χ1) is 8.86. The lowest BCUT2D eigenvalue weighted by atomic mass is 10.1. The highest BCUT2D eigenvalue weighted by molar-refractivity contribution is 5.96. The first-order valence-electron chi connectivity index (χ1n) is 6.00. The fourth-order valence-corrected chi connectivity index (χ4v) is 2.18. The summed E-state index contributed by atoms with van der Waals surface area (Å²) in [6.07, 6.45) is 4.45. The highest BCUT2D eigenvalue weighted by Gasteiger charge is 2.22. The molecule has 1 aromatic carbocycles. The minimum absolute atomic E-state index is 0.0414. The summed E-state index contributed by atoms with van der Waals surface area (Å²) < 4.78 is 0. The van der Waals surface area contributed by atoms with Gasteiger partial charge in [0.05, 0.1) is 5.69 Å². The SMILES string of the molecule is O=C1NCCCN1c1ccccc1-c1ncc[nH]1. The van der Waals surface area contributed by atoms with Crippen LogP contribution in [0, 0.1) is 0 Å². The smallest absolute Gasteiger partial charge is 0.321 e. The van der Waals surface area contributed by atoms with E-state index in [2.05, 4.69) is 15.3 Å². The average molecular weight is 242 g/mol. The summed E-state index contributed by atoms with van der Waals surface area (Å²) in [5.74, 6) is 0.781. The van der Waals surface area contributed by atoms with Crippen LogP contribution in [0.3, 0.4) is 0 Å². The average Bonchev–Trinajstić information content (AvgIpc) is 2.93. The molecular weight excluding hydrogens is 228 g/mol. The molecule has 0 aliphatic carbocycles. The van der Waals surface area contributed by atoms with Crippen molar-refractivity contribution in [3.8, 4) is 11.4 Å². The third-order valence-electron chi connectivity index (χ3n) is 3.03. The number of hydrogen-bond acceptors (Lipinski definition) is 2. The molecule has 0 radical (unpaired) electrons. The van der Waals surface area contributed by atoms with Crippen LogP contribution in [0.15, 0.2) is 36.7 Å². The number of hydrogen-bond donors (Lipinski definition) is 2. The van der Waals surface area contributed by atoms with Crippen LogP contribution in [0.2, 0.25) is 0 Å². The van der Waals surface area contributed by atoms with Crippen molar-refractivity contribution in [2.75, 3.05) is 18.0 Å². The maximum Gasteiger partial charge on any atom is 0.321 e. The zero-order valence-electron chi connectivity index (χ0n) is 9.89. The van der Waals surface area contributed by atoms with Crippen molar-refractivity contribution in [2.24, 2.45) is 0 Å². The standard InChI is InChI=1S/C13H14N4O/c18-13-16-6-3-9-17(13)11-5-2-1-4-10(11)12-14-7-8-15-12/h1-2,4-5,7-8H,3,6,9H2,(H,14,15)(H,16,18). The highest BCUT2D eigenvalue weighted by atomic mass is 16.2. The molecule has 0 unspecified atom stereocenters. The summed E-state index contributed by atoms with van der Waals surface area (Å²) in [5, 5.41) is 2.86. The van der Waals surface area contributed by atoms with Gasteiger partial charge in [-0.25, -0.2) is 9.78 Å². The van der Waals surface area contributed by atoms with E-state index in [1.54, 1.807) is 17.3 Å². The predicted molar refractivity (Wildman–Crippen MR) is 69.4 cm³/mol. The second kappa shape index (κ2) is 4.52. The van der Waals surface area contributed by atoms with Gasteiger partial charge in [0, 0.05) is 31.0 Å². The molecule has 1 fully saturated rings. The molecule has 0 spiro atoms. The Morgan fingerprint density at radius 2 is 2.17 bits per heavy atom. The lowest BCUT2D eigenvalue weighted by molar-refractivity contribution is 0.243. The number of para-hydroxylation sites is 1. The van der Waals surface area contributed by atoms with E-state index in [1.165, 1.54) is 0 Å². The van der Waals surface area contributed by atoms with Crippen LogP contribution in [0.4, 0.5) is 10.5 Å². The Balaban J connectivity index is 2.04. The Kier molecular flexibility index (Phi) is 2.72. The summed E-state index contributed by atoms with van der Waals surface area (Å²) in [6, 6.07) is 7.76. The number of carbonyl (C=O) groups is 1. The van der Waals surface area contributed by atoms with E-state index in [-0.39, 0.29) is 6.03 Å². The van der Waals surface area contributed by atoms with E-state index < -0.39 is 0 Å². The molecule has 2 N–H and O–H groups in total. The molecule has 2 amide bonds. The van der Waals surface area contributed by atoms with E-state index in [1.807, 2.05) is 24.3 Å².